The Balaban J connectivity index is 2.41. The molecule has 1 aromatic carbocycles. The van der Waals surface area contributed by atoms with E-state index < -0.39 is 11.9 Å². The summed E-state index contributed by atoms with van der Waals surface area (Å²) in [5, 5.41) is 11.7. The lowest BCUT2D eigenvalue weighted by molar-refractivity contribution is 0.0698. The number of amides is 1. The molecular formula is C13H9Cl2NO4. The highest BCUT2D eigenvalue weighted by atomic mass is 35.5. The lowest BCUT2D eigenvalue weighted by atomic mass is 10.1. The van der Waals surface area contributed by atoms with Crippen molar-refractivity contribution in [3.05, 3.63) is 51.4 Å². The Morgan fingerprint density at radius 1 is 1.25 bits per heavy atom. The predicted molar refractivity (Wildman–Crippen MR) is 74.8 cm³/mol. The molecule has 0 aliphatic carbocycles. The van der Waals surface area contributed by atoms with Crippen LogP contribution in [-0.2, 0) is 0 Å². The first-order chi connectivity index (χ1) is 9.40. The van der Waals surface area contributed by atoms with Crippen LogP contribution in [0.1, 0.15) is 26.5 Å². The average molecular weight is 314 g/mol. The molecule has 0 unspecified atom stereocenters. The van der Waals surface area contributed by atoms with Crippen LogP contribution in [0, 0.1) is 6.92 Å². The molecule has 0 aliphatic heterocycles. The minimum Gasteiger partial charge on any atom is -0.478 e. The van der Waals surface area contributed by atoms with E-state index in [0.29, 0.717) is 5.76 Å². The Bertz CT molecular complexity index is 694. The van der Waals surface area contributed by atoms with Crippen molar-refractivity contribution in [2.75, 3.05) is 5.32 Å². The smallest absolute Gasteiger partial charge is 0.339 e. The molecule has 2 rings (SSSR count). The molecule has 0 spiro atoms. The van der Waals surface area contributed by atoms with Gasteiger partial charge in [-0.05, 0) is 25.1 Å². The first-order valence-corrected chi connectivity index (χ1v) is 6.23. The third-order valence-corrected chi connectivity index (χ3v) is 3.18. The predicted octanol–water partition coefficient (Wildman–Crippen LogP) is 3.85. The summed E-state index contributed by atoms with van der Waals surface area (Å²) in [6.07, 6.45) is 1.27. The van der Waals surface area contributed by atoms with Crippen LogP contribution in [0.5, 0.6) is 0 Å². The number of nitrogens with one attached hydrogen (secondary N) is 1. The van der Waals surface area contributed by atoms with Gasteiger partial charge in [0.25, 0.3) is 5.91 Å². The largest absolute Gasteiger partial charge is 0.478 e. The van der Waals surface area contributed by atoms with Gasteiger partial charge in [0.1, 0.15) is 17.6 Å². The van der Waals surface area contributed by atoms with Crippen LogP contribution >= 0.6 is 23.2 Å². The topological polar surface area (TPSA) is 79.5 Å². The number of furan rings is 1. The van der Waals surface area contributed by atoms with Crippen LogP contribution < -0.4 is 5.32 Å². The first kappa shape index (κ1) is 14.4. The number of rotatable bonds is 3. The van der Waals surface area contributed by atoms with E-state index in [0.717, 1.165) is 0 Å². The molecule has 0 saturated carbocycles. The molecule has 0 bridgehead atoms. The molecule has 5 nitrogen and oxygen atoms in total. The molecular weight excluding hydrogens is 305 g/mol. The maximum absolute atomic E-state index is 12.0. The number of carboxylic acids is 1. The molecule has 0 radical (unpaired) electrons. The van der Waals surface area contributed by atoms with Crippen molar-refractivity contribution >= 4 is 40.8 Å². The van der Waals surface area contributed by atoms with E-state index >= 15 is 0 Å². The van der Waals surface area contributed by atoms with Crippen molar-refractivity contribution < 1.29 is 19.1 Å². The van der Waals surface area contributed by atoms with Gasteiger partial charge in [-0.2, -0.15) is 0 Å². The van der Waals surface area contributed by atoms with Crippen LogP contribution in [0.4, 0.5) is 5.69 Å². The summed E-state index contributed by atoms with van der Waals surface area (Å²) in [7, 11) is 0. The van der Waals surface area contributed by atoms with Crippen LogP contribution in [0.25, 0.3) is 0 Å². The van der Waals surface area contributed by atoms with E-state index in [1.165, 1.54) is 24.5 Å². The second-order valence-corrected chi connectivity index (χ2v) is 4.80. The molecule has 20 heavy (non-hydrogen) atoms. The Morgan fingerprint density at radius 2 is 1.90 bits per heavy atom. The summed E-state index contributed by atoms with van der Waals surface area (Å²) in [6.45, 7) is 1.69. The van der Waals surface area contributed by atoms with Gasteiger partial charge in [-0.25, -0.2) is 4.79 Å². The highest BCUT2D eigenvalue weighted by molar-refractivity contribution is 6.38. The van der Waals surface area contributed by atoms with Gasteiger partial charge >= 0.3 is 5.97 Å². The summed E-state index contributed by atoms with van der Waals surface area (Å²) < 4.78 is 5.02. The third-order valence-electron chi connectivity index (χ3n) is 2.55. The van der Waals surface area contributed by atoms with E-state index in [4.69, 9.17) is 32.7 Å². The molecule has 0 atom stereocenters. The number of benzene rings is 1. The van der Waals surface area contributed by atoms with E-state index in [-0.39, 0.29) is 26.9 Å². The van der Waals surface area contributed by atoms with Crippen molar-refractivity contribution in [2.45, 2.75) is 6.92 Å². The van der Waals surface area contributed by atoms with Gasteiger partial charge < -0.3 is 14.8 Å². The maximum Gasteiger partial charge on any atom is 0.339 e. The summed E-state index contributed by atoms with van der Waals surface area (Å²) >= 11 is 11.7. The molecule has 104 valence electrons. The monoisotopic (exact) mass is 313 g/mol. The highest BCUT2D eigenvalue weighted by Gasteiger charge is 2.20. The maximum atomic E-state index is 12.0. The Kier molecular flexibility index (Phi) is 4.01. The minimum absolute atomic E-state index is 0.0134. The molecule has 0 aliphatic rings. The second-order valence-electron chi connectivity index (χ2n) is 3.98. The summed E-state index contributed by atoms with van der Waals surface area (Å²) in [4.78, 5) is 23.2. The number of carbonyl (C=O) groups is 2. The fourth-order valence-electron chi connectivity index (χ4n) is 1.63. The van der Waals surface area contributed by atoms with Gasteiger partial charge in [-0.15, -0.1) is 0 Å². The Labute approximate surface area is 124 Å². The molecule has 1 amide bonds. The Morgan fingerprint density at radius 3 is 2.45 bits per heavy atom. The molecule has 1 aromatic heterocycles. The standard InChI is InChI=1S/C13H9Cl2NO4/c1-6-4-7(5-20-6)12(17)16-11-9(15)3-2-8(14)10(11)13(18)19/h2-5H,1H3,(H,16,17)(H,18,19). The SMILES string of the molecule is Cc1cc(C(=O)Nc2c(Cl)ccc(Cl)c2C(=O)O)co1. The number of anilines is 1. The van der Waals surface area contributed by atoms with Crippen molar-refractivity contribution in [1.82, 2.24) is 0 Å². The lowest BCUT2D eigenvalue weighted by Crippen LogP contribution is -2.15. The van der Waals surface area contributed by atoms with Gasteiger partial charge in [0, 0.05) is 0 Å². The van der Waals surface area contributed by atoms with E-state index in [1.807, 2.05) is 0 Å². The van der Waals surface area contributed by atoms with E-state index in [9.17, 15) is 9.59 Å². The number of carboxylic acid groups (broad SMARTS) is 1. The number of hydrogen-bond acceptors (Lipinski definition) is 3. The highest BCUT2D eigenvalue weighted by Crippen LogP contribution is 2.32. The van der Waals surface area contributed by atoms with Crippen molar-refractivity contribution in [3.63, 3.8) is 0 Å². The van der Waals surface area contributed by atoms with Crippen molar-refractivity contribution in [3.8, 4) is 0 Å². The zero-order valence-corrected chi connectivity index (χ0v) is 11.7. The molecule has 2 N–H and O–H groups in total. The van der Waals surface area contributed by atoms with Crippen LogP contribution in [0.15, 0.2) is 28.9 Å². The molecule has 7 heteroatoms. The fraction of sp³-hybridized carbons (Fsp3) is 0.0769. The van der Waals surface area contributed by atoms with Crippen LogP contribution in [-0.4, -0.2) is 17.0 Å². The van der Waals surface area contributed by atoms with E-state index in [1.54, 1.807) is 6.92 Å². The number of carbonyl (C=O) groups excluding carboxylic acids is 1. The number of halogens is 2. The fourth-order valence-corrected chi connectivity index (χ4v) is 2.07. The van der Waals surface area contributed by atoms with Gasteiger partial charge in [-0.1, -0.05) is 23.2 Å². The normalized spacial score (nSPS) is 10.3. The summed E-state index contributed by atoms with van der Waals surface area (Å²) in [5.41, 5.74) is -0.0434. The van der Waals surface area contributed by atoms with E-state index in [2.05, 4.69) is 5.32 Å². The zero-order valence-electron chi connectivity index (χ0n) is 10.2. The van der Waals surface area contributed by atoms with Gasteiger partial charge in [0.15, 0.2) is 0 Å². The number of aromatic carboxylic acids is 1. The molecule has 0 saturated heterocycles. The van der Waals surface area contributed by atoms with Gasteiger partial charge in [0.05, 0.1) is 21.3 Å². The first-order valence-electron chi connectivity index (χ1n) is 5.48. The summed E-state index contributed by atoms with van der Waals surface area (Å²) in [5.74, 6) is -1.25. The van der Waals surface area contributed by atoms with Gasteiger partial charge in [-0.3, -0.25) is 4.79 Å². The zero-order chi connectivity index (χ0) is 14.9. The van der Waals surface area contributed by atoms with Crippen LogP contribution in [0.3, 0.4) is 0 Å². The van der Waals surface area contributed by atoms with Crippen molar-refractivity contribution in [1.29, 1.82) is 0 Å². The van der Waals surface area contributed by atoms with Crippen LogP contribution in [0.2, 0.25) is 10.0 Å². The second kappa shape index (κ2) is 5.56. The summed E-state index contributed by atoms with van der Waals surface area (Å²) in [6, 6.07) is 4.28. The third kappa shape index (κ3) is 2.79. The molecule has 1 heterocycles. The minimum atomic E-state index is -1.28. The lowest BCUT2D eigenvalue weighted by Gasteiger charge is -2.11. The molecule has 0 fully saturated rings. The average Bonchev–Trinajstić information content (AvgIpc) is 2.80. The quantitative estimate of drug-likeness (QED) is 0.902. The van der Waals surface area contributed by atoms with Crippen molar-refractivity contribution in [2.24, 2.45) is 0 Å². The molecule has 2 aromatic rings. The Hall–Kier alpha value is -1.98. The van der Waals surface area contributed by atoms with Gasteiger partial charge in [0.2, 0.25) is 0 Å². The number of hydrogen-bond donors (Lipinski definition) is 2. The number of aryl methyl sites for hydroxylation is 1.